The van der Waals surface area contributed by atoms with Crippen molar-refractivity contribution in [2.75, 3.05) is 11.9 Å². The molecule has 0 aliphatic carbocycles. The van der Waals surface area contributed by atoms with E-state index in [0.717, 1.165) is 18.5 Å². The van der Waals surface area contributed by atoms with Gasteiger partial charge in [0, 0.05) is 5.69 Å². The Balaban J connectivity index is 2.30. The van der Waals surface area contributed by atoms with Crippen LogP contribution < -0.4 is 5.32 Å². The first-order valence-electron chi connectivity index (χ1n) is 5.74. The maximum absolute atomic E-state index is 11.5. The first-order valence-corrected chi connectivity index (χ1v) is 5.74. The smallest absolute Gasteiger partial charge is 0.325 e. The lowest BCUT2D eigenvalue weighted by Crippen LogP contribution is -2.22. The minimum atomic E-state index is -0.197. The lowest BCUT2D eigenvalue weighted by atomic mass is 10.2. The second-order valence-electron chi connectivity index (χ2n) is 3.65. The van der Waals surface area contributed by atoms with Gasteiger partial charge in [-0.1, -0.05) is 32.0 Å². The summed E-state index contributed by atoms with van der Waals surface area (Å²) in [6.45, 7) is 4.26. The second kappa shape index (κ2) is 6.88. The van der Waals surface area contributed by atoms with Crippen LogP contribution in [-0.2, 0) is 9.53 Å². The van der Waals surface area contributed by atoms with Crippen LogP contribution in [-0.4, -0.2) is 18.6 Å². The maximum Gasteiger partial charge on any atom is 0.325 e. The highest BCUT2D eigenvalue weighted by Gasteiger charge is 2.09. The topological polar surface area (TPSA) is 38.3 Å². The highest BCUT2D eigenvalue weighted by molar-refractivity contribution is 5.75. The van der Waals surface area contributed by atoms with E-state index in [0.29, 0.717) is 0 Å². The Bertz CT molecular complexity index is 307. The second-order valence-corrected chi connectivity index (χ2v) is 3.65. The third kappa shape index (κ3) is 4.34. The zero-order valence-electron chi connectivity index (χ0n) is 9.90. The van der Waals surface area contributed by atoms with Crippen LogP contribution in [0.1, 0.15) is 26.7 Å². The number of para-hydroxylation sites is 1. The Hall–Kier alpha value is -1.51. The van der Waals surface area contributed by atoms with Gasteiger partial charge in [0.1, 0.15) is 12.6 Å². The summed E-state index contributed by atoms with van der Waals surface area (Å²) in [5, 5.41) is 3.02. The number of carbonyl (C=O) groups is 1. The highest BCUT2D eigenvalue weighted by Crippen LogP contribution is 2.06. The summed E-state index contributed by atoms with van der Waals surface area (Å²) < 4.78 is 5.27. The van der Waals surface area contributed by atoms with E-state index in [4.69, 9.17) is 4.74 Å². The first kappa shape index (κ1) is 12.6. The Kier molecular flexibility index (Phi) is 5.40. The van der Waals surface area contributed by atoms with E-state index in [9.17, 15) is 4.79 Å². The molecule has 1 rings (SSSR count). The van der Waals surface area contributed by atoms with Gasteiger partial charge in [0.2, 0.25) is 0 Å². The summed E-state index contributed by atoms with van der Waals surface area (Å²) in [5.74, 6) is -0.197. The molecule has 0 saturated carbocycles. The number of hydrogen-bond donors (Lipinski definition) is 1. The Morgan fingerprint density at radius 2 is 1.88 bits per heavy atom. The largest absolute Gasteiger partial charge is 0.461 e. The predicted molar refractivity (Wildman–Crippen MR) is 65.4 cm³/mol. The van der Waals surface area contributed by atoms with Gasteiger partial charge in [-0.05, 0) is 25.0 Å². The maximum atomic E-state index is 11.5. The fraction of sp³-hybridized carbons (Fsp3) is 0.462. The fourth-order valence-electron chi connectivity index (χ4n) is 1.41. The van der Waals surface area contributed by atoms with Crippen molar-refractivity contribution in [2.45, 2.75) is 32.8 Å². The number of anilines is 1. The summed E-state index contributed by atoms with van der Waals surface area (Å²) >= 11 is 0. The number of rotatable bonds is 6. The van der Waals surface area contributed by atoms with E-state index >= 15 is 0 Å². The molecule has 0 unspecified atom stereocenters. The molecule has 0 amide bonds. The Labute approximate surface area is 96.8 Å². The number of ether oxygens (including phenoxy) is 1. The number of carbonyl (C=O) groups excluding carboxylic acids is 1. The molecule has 0 radical (unpaired) electrons. The molecular formula is C13H19NO2. The van der Waals surface area contributed by atoms with Gasteiger partial charge in [0.05, 0.1) is 0 Å². The Morgan fingerprint density at radius 3 is 2.44 bits per heavy atom. The van der Waals surface area contributed by atoms with Gasteiger partial charge in [0.25, 0.3) is 0 Å². The number of benzene rings is 1. The van der Waals surface area contributed by atoms with Gasteiger partial charge in [-0.3, -0.25) is 4.79 Å². The van der Waals surface area contributed by atoms with Crippen molar-refractivity contribution in [1.82, 2.24) is 0 Å². The van der Waals surface area contributed by atoms with Crippen LogP contribution in [0.2, 0.25) is 0 Å². The standard InChI is InChI=1S/C13H19NO2/c1-3-12(4-2)16-13(15)10-14-11-8-6-5-7-9-11/h5-9,12,14H,3-4,10H2,1-2H3. The van der Waals surface area contributed by atoms with Gasteiger partial charge >= 0.3 is 5.97 Å². The van der Waals surface area contributed by atoms with Gasteiger partial charge in [-0.2, -0.15) is 0 Å². The van der Waals surface area contributed by atoms with E-state index in [-0.39, 0.29) is 18.6 Å². The molecular weight excluding hydrogens is 202 g/mol. The van der Waals surface area contributed by atoms with Crippen molar-refractivity contribution in [3.05, 3.63) is 30.3 Å². The molecule has 16 heavy (non-hydrogen) atoms. The molecule has 3 heteroatoms. The number of nitrogens with one attached hydrogen (secondary N) is 1. The zero-order valence-corrected chi connectivity index (χ0v) is 9.90. The third-order valence-electron chi connectivity index (χ3n) is 2.42. The number of esters is 1. The minimum Gasteiger partial charge on any atom is -0.461 e. The average molecular weight is 221 g/mol. The monoisotopic (exact) mass is 221 g/mol. The first-order chi connectivity index (χ1) is 7.76. The van der Waals surface area contributed by atoms with E-state index in [1.54, 1.807) is 0 Å². The van der Waals surface area contributed by atoms with Crippen LogP contribution in [0.25, 0.3) is 0 Å². The minimum absolute atomic E-state index is 0.0464. The van der Waals surface area contributed by atoms with Gasteiger partial charge in [0.15, 0.2) is 0 Å². The summed E-state index contributed by atoms with van der Waals surface area (Å²) in [5.41, 5.74) is 0.934. The van der Waals surface area contributed by atoms with Gasteiger partial charge in [-0.15, -0.1) is 0 Å². The molecule has 0 atom stereocenters. The molecule has 0 saturated heterocycles. The zero-order chi connectivity index (χ0) is 11.8. The highest BCUT2D eigenvalue weighted by atomic mass is 16.5. The molecule has 0 aliphatic rings. The van der Waals surface area contributed by atoms with Crippen molar-refractivity contribution < 1.29 is 9.53 Å². The van der Waals surface area contributed by atoms with Crippen LogP contribution in [0.4, 0.5) is 5.69 Å². The molecule has 0 aliphatic heterocycles. The molecule has 0 heterocycles. The van der Waals surface area contributed by atoms with Crippen molar-refractivity contribution in [3.63, 3.8) is 0 Å². The molecule has 1 aromatic carbocycles. The van der Waals surface area contributed by atoms with Crippen LogP contribution in [0.15, 0.2) is 30.3 Å². The van der Waals surface area contributed by atoms with Crippen molar-refractivity contribution in [2.24, 2.45) is 0 Å². The molecule has 0 spiro atoms. The van der Waals surface area contributed by atoms with Crippen LogP contribution in [0, 0.1) is 0 Å². The van der Waals surface area contributed by atoms with Crippen LogP contribution in [0.5, 0.6) is 0 Å². The molecule has 1 N–H and O–H groups in total. The molecule has 88 valence electrons. The quantitative estimate of drug-likeness (QED) is 0.751. The Morgan fingerprint density at radius 1 is 1.25 bits per heavy atom. The third-order valence-corrected chi connectivity index (χ3v) is 2.42. The fourth-order valence-corrected chi connectivity index (χ4v) is 1.41. The lowest BCUT2D eigenvalue weighted by molar-refractivity contribution is -0.147. The van der Waals surface area contributed by atoms with E-state index in [1.807, 2.05) is 44.2 Å². The molecule has 0 fully saturated rings. The normalized spacial score (nSPS) is 10.2. The molecule has 3 nitrogen and oxygen atoms in total. The summed E-state index contributed by atoms with van der Waals surface area (Å²) in [7, 11) is 0. The number of hydrogen-bond acceptors (Lipinski definition) is 3. The average Bonchev–Trinajstić information content (AvgIpc) is 2.34. The summed E-state index contributed by atoms with van der Waals surface area (Å²) in [4.78, 5) is 11.5. The summed E-state index contributed by atoms with van der Waals surface area (Å²) in [6, 6.07) is 9.63. The molecule has 1 aromatic rings. The van der Waals surface area contributed by atoms with Crippen LogP contribution >= 0.6 is 0 Å². The molecule has 0 bridgehead atoms. The van der Waals surface area contributed by atoms with Crippen molar-refractivity contribution in [1.29, 1.82) is 0 Å². The van der Waals surface area contributed by atoms with E-state index in [1.165, 1.54) is 0 Å². The van der Waals surface area contributed by atoms with Crippen molar-refractivity contribution >= 4 is 11.7 Å². The predicted octanol–water partition coefficient (Wildman–Crippen LogP) is 2.83. The van der Waals surface area contributed by atoms with Gasteiger partial charge in [-0.25, -0.2) is 0 Å². The van der Waals surface area contributed by atoms with Crippen molar-refractivity contribution in [3.8, 4) is 0 Å². The van der Waals surface area contributed by atoms with Crippen LogP contribution in [0.3, 0.4) is 0 Å². The van der Waals surface area contributed by atoms with Gasteiger partial charge < -0.3 is 10.1 Å². The SMILES string of the molecule is CCC(CC)OC(=O)CNc1ccccc1. The summed E-state index contributed by atoms with van der Waals surface area (Å²) in [6.07, 6.45) is 1.78. The lowest BCUT2D eigenvalue weighted by Gasteiger charge is -2.14. The molecule has 0 aromatic heterocycles. The van der Waals surface area contributed by atoms with E-state index < -0.39 is 0 Å². The van der Waals surface area contributed by atoms with E-state index in [2.05, 4.69) is 5.32 Å².